The molecule has 2 aromatic rings. The van der Waals surface area contributed by atoms with Crippen molar-refractivity contribution in [3.63, 3.8) is 0 Å². The van der Waals surface area contributed by atoms with Crippen molar-refractivity contribution >= 4 is 27.3 Å². The standard InChI is InChI=1S/C12H11BrN2/c1-9-3-2-4-11(5-9)15-12-6-10(13)7-14-8-12/h2-8,15H,1H3. The fourth-order valence-electron chi connectivity index (χ4n) is 1.37. The molecule has 0 spiro atoms. The summed E-state index contributed by atoms with van der Waals surface area (Å²) in [5.74, 6) is 0. The second-order valence-corrected chi connectivity index (χ2v) is 4.30. The molecule has 3 heteroatoms. The summed E-state index contributed by atoms with van der Waals surface area (Å²) < 4.78 is 0.972. The zero-order valence-electron chi connectivity index (χ0n) is 8.37. The summed E-state index contributed by atoms with van der Waals surface area (Å²) >= 11 is 3.39. The van der Waals surface area contributed by atoms with Gasteiger partial charge in [-0.25, -0.2) is 0 Å². The second kappa shape index (κ2) is 4.45. The summed E-state index contributed by atoms with van der Waals surface area (Å²) in [7, 11) is 0. The normalized spacial score (nSPS) is 10.0. The number of hydrogen-bond donors (Lipinski definition) is 1. The average Bonchev–Trinajstić information content (AvgIpc) is 2.17. The van der Waals surface area contributed by atoms with Crippen LogP contribution in [-0.4, -0.2) is 4.98 Å². The molecule has 1 N–H and O–H groups in total. The topological polar surface area (TPSA) is 24.9 Å². The first-order chi connectivity index (χ1) is 7.24. The largest absolute Gasteiger partial charge is 0.354 e. The Morgan fingerprint density at radius 1 is 1.13 bits per heavy atom. The van der Waals surface area contributed by atoms with Gasteiger partial charge >= 0.3 is 0 Å². The third-order valence-electron chi connectivity index (χ3n) is 2.01. The number of anilines is 2. The molecule has 2 nitrogen and oxygen atoms in total. The summed E-state index contributed by atoms with van der Waals surface area (Å²) in [6, 6.07) is 10.2. The van der Waals surface area contributed by atoms with E-state index in [1.807, 2.05) is 18.2 Å². The van der Waals surface area contributed by atoms with Crippen molar-refractivity contribution in [3.8, 4) is 0 Å². The monoisotopic (exact) mass is 262 g/mol. The minimum absolute atomic E-state index is 0.972. The molecule has 0 saturated carbocycles. The predicted octanol–water partition coefficient (Wildman–Crippen LogP) is 3.90. The molecule has 0 fully saturated rings. The number of halogens is 1. The van der Waals surface area contributed by atoms with Gasteiger partial charge in [0.2, 0.25) is 0 Å². The van der Waals surface area contributed by atoms with Crippen LogP contribution in [0.15, 0.2) is 47.2 Å². The average molecular weight is 263 g/mol. The van der Waals surface area contributed by atoms with Crippen molar-refractivity contribution in [3.05, 3.63) is 52.8 Å². The number of aryl methyl sites for hydroxylation is 1. The highest BCUT2D eigenvalue weighted by atomic mass is 79.9. The Kier molecular flexibility index (Phi) is 3.02. The van der Waals surface area contributed by atoms with Crippen molar-refractivity contribution in [2.24, 2.45) is 0 Å². The maximum Gasteiger partial charge on any atom is 0.0582 e. The van der Waals surface area contributed by atoms with Gasteiger partial charge in [0.25, 0.3) is 0 Å². The van der Waals surface area contributed by atoms with E-state index >= 15 is 0 Å². The lowest BCUT2D eigenvalue weighted by Gasteiger charge is -2.06. The maximum absolute atomic E-state index is 4.09. The second-order valence-electron chi connectivity index (χ2n) is 3.39. The third-order valence-corrected chi connectivity index (χ3v) is 2.45. The van der Waals surface area contributed by atoms with E-state index in [1.54, 1.807) is 12.4 Å². The van der Waals surface area contributed by atoms with Crippen molar-refractivity contribution < 1.29 is 0 Å². The van der Waals surface area contributed by atoms with E-state index in [0.717, 1.165) is 15.8 Å². The van der Waals surface area contributed by atoms with Gasteiger partial charge in [-0.15, -0.1) is 0 Å². The highest BCUT2D eigenvalue weighted by Gasteiger charge is 1.95. The molecule has 76 valence electrons. The van der Waals surface area contributed by atoms with Gasteiger partial charge < -0.3 is 5.32 Å². The van der Waals surface area contributed by atoms with Crippen LogP contribution in [0.25, 0.3) is 0 Å². The molecule has 1 aromatic carbocycles. The van der Waals surface area contributed by atoms with Crippen LogP contribution in [0.4, 0.5) is 11.4 Å². The lowest BCUT2D eigenvalue weighted by Crippen LogP contribution is -1.91. The first-order valence-electron chi connectivity index (χ1n) is 4.68. The van der Waals surface area contributed by atoms with Crippen molar-refractivity contribution in [2.75, 3.05) is 5.32 Å². The molecule has 1 aromatic heterocycles. The van der Waals surface area contributed by atoms with Gasteiger partial charge in [0, 0.05) is 16.4 Å². The highest BCUT2D eigenvalue weighted by Crippen LogP contribution is 2.19. The number of benzene rings is 1. The number of nitrogens with zero attached hydrogens (tertiary/aromatic N) is 1. The Balaban J connectivity index is 2.22. The van der Waals surface area contributed by atoms with Crippen molar-refractivity contribution in [1.82, 2.24) is 4.98 Å². The molecule has 0 radical (unpaired) electrons. The fraction of sp³-hybridized carbons (Fsp3) is 0.0833. The van der Waals surface area contributed by atoms with E-state index in [1.165, 1.54) is 5.56 Å². The van der Waals surface area contributed by atoms with E-state index in [2.05, 4.69) is 45.3 Å². The minimum atomic E-state index is 0.972. The lowest BCUT2D eigenvalue weighted by molar-refractivity contribution is 1.30. The van der Waals surface area contributed by atoms with Crippen molar-refractivity contribution in [2.45, 2.75) is 6.92 Å². The SMILES string of the molecule is Cc1cccc(Nc2cncc(Br)c2)c1. The Labute approximate surface area is 97.5 Å². The first-order valence-corrected chi connectivity index (χ1v) is 5.47. The number of aromatic nitrogens is 1. The van der Waals surface area contributed by atoms with E-state index < -0.39 is 0 Å². The van der Waals surface area contributed by atoms with Gasteiger partial charge in [-0.05, 0) is 46.6 Å². The first kappa shape index (κ1) is 10.2. The fourth-order valence-corrected chi connectivity index (χ4v) is 1.73. The molecule has 0 bridgehead atoms. The number of rotatable bonds is 2. The number of nitrogens with one attached hydrogen (secondary N) is 1. The van der Waals surface area contributed by atoms with Gasteiger partial charge in [0.15, 0.2) is 0 Å². The van der Waals surface area contributed by atoms with Gasteiger partial charge in [0.1, 0.15) is 0 Å². The molecule has 0 aliphatic carbocycles. The predicted molar refractivity (Wildman–Crippen MR) is 66.4 cm³/mol. The quantitative estimate of drug-likeness (QED) is 0.888. The zero-order chi connectivity index (χ0) is 10.7. The molecule has 15 heavy (non-hydrogen) atoms. The van der Waals surface area contributed by atoms with Crippen LogP contribution in [0.1, 0.15) is 5.56 Å². The zero-order valence-corrected chi connectivity index (χ0v) is 9.95. The molecular weight excluding hydrogens is 252 g/mol. The summed E-state index contributed by atoms with van der Waals surface area (Å²) in [4.78, 5) is 4.09. The lowest BCUT2D eigenvalue weighted by atomic mass is 10.2. The summed E-state index contributed by atoms with van der Waals surface area (Å²) in [6.45, 7) is 2.07. The van der Waals surface area contributed by atoms with Crippen LogP contribution >= 0.6 is 15.9 Å². The van der Waals surface area contributed by atoms with E-state index in [-0.39, 0.29) is 0 Å². The summed E-state index contributed by atoms with van der Waals surface area (Å²) in [5.41, 5.74) is 3.30. The van der Waals surface area contributed by atoms with Crippen LogP contribution in [0.5, 0.6) is 0 Å². The molecule has 0 aliphatic heterocycles. The molecule has 1 heterocycles. The molecule has 0 amide bonds. The van der Waals surface area contributed by atoms with Gasteiger partial charge in [-0.2, -0.15) is 0 Å². The Hall–Kier alpha value is -1.35. The van der Waals surface area contributed by atoms with Crippen molar-refractivity contribution in [1.29, 1.82) is 0 Å². The Morgan fingerprint density at radius 2 is 2.00 bits per heavy atom. The molecule has 0 saturated heterocycles. The van der Waals surface area contributed by atoms with E-state index in [4.69, 9.17) is 0 Å². The van der Waals surface area contributed by atoms with Gasteiger partial charge in [-0.1, -0.05) is 12.1 Å². The van der Waals surface area contributed by atoms with E-state index in [9.17, 15) is 0 Å². The van der Waals surface area contributed by atoms with E-state index in [0.29, 0.717) is 0 Å². The van der Waals surface area contributed by atoms with Crippen LogP contribution in [0.2, 0.25) is 0 Å². The summed E-state index contributed by atoms with van der Waals surface area (Å²) in [6.07, 6.45) is 3.56. The van der Waals surface area contributed by atoms with Crippen LogP contribution in [-0.2, 0) is 0 Å². The summed E-state index contributed by atoms with van der Waals surface area (Å²) in [5, 5.41) is 3.29. The number of hydrogen-bond acceptors (Lipinski definition) is 2. The maximum atomic E-state index is 4.09. The highest BCUT2D eigenvalue weighted by molar-refractivity contribution is 9.10. The minimum Gasteiger partial charge on any atom is -0.354 e. The molecule has 0 atom stereocenters. The molecule has 0 aliphatic rings. The Morgan fingerprint density at radius 3 is 2.73 bits per heavy atom. The van der Waals surface area contributed by atoms with Gasteiger partial charge in [0.05, 0.1) is 11.9 Å². The van der Waals surface area contributed by atoms with Gasteiger partial charge in [-0.3, -0.25) is 4.98 Å². The molecular formula is C12H11BrN2. The van der Waals surface area contributed by atoms with Crippen LogP contribution in [0, 0.1) is 6.92 Å². The van der Waals surface area contributed by atoms with Crippen LogP contribution in [0.3, 0.4) is 0 Å². The Bertz CT molecular complexity index is 425. The number of pyridine rings is 1. The molecule has 2 rings (SSSR count). The molecule has 0 unspecified atom stereocenters. The third kappa shape index (κ3) is 2.80. The smallest absolute Gasteiger partial charge is 0.0582 e. The van der Waals surface area contributed by atoms with Crippen LogP contribution < -0.4 is 5.32 Å².